The van der Waals surface area contributed by atoms with E-state index in [0.717, 1.165) is 5.56 Å². The highest BCUT2D eigenvalue weighted by Gasteiger charge is 2.30. The summed E-state index contributed by atoms with van der Waals surface area (Å²) in [6.07, 6.45) is 0. The summed E-state index contributed by atoms with van der Waals surface area (Å²) in [4.78, 5) is 16.7. The molecule has 1 aromatic carbocycles. The lowest BCUT2D eigenvalue weighted by atomic mass is 9.92. The average Bonchev–Trinajstić information content (AvgIpc) is 2.65. The van der Waals surface area contributed by atoms with Crippen molar-refractivity contribution in [3.8, 4) is 0 Å². The molecule has 0 bridgehead atoms. The van der Waals surface area contributed by atoms with Crippen LogP contribution in [0.5, 0.6) is 0 Å². The number of anilines is 2. The quantitative estimate of drug-likeness (QED) is 0.309. The van der Waals surface area contributed by atoms with Crippen LogP contribution in [0, 0.1) is 5.41 Å². The number of aliphatic hydroxyl groups excluding tert-OH is 1. The van der Waals surface area contributed by atoms with E-state index in [4.69, 9.17) is 15.9 Å². The van der Waals surface area contributed by atoms with E-state index >= 15 is 0 Å². The summed E-state index contributed by atoms with van der Waals surface area (Å²) < 4.78 is 5.14. The standard InChI is InChI=1S/C20H27N5O4/c1-4-29-18(22)16-13(21)10-15(23-14(16)11-26)24-19(27)25-17(20(2,3)28)12-8-6-5-7-9-12/h5-10,17,22,26,28H,4,11H2,1-3H3,(H4,21,23,24,25,27). The van der Waals surface area contributed by atoms with Crippen LogP contribution in [0.15, 0.2) is 36.4 Å². The Balaban J connectivity index is 2.23. The molecule has 1 atom stereocenters. The molecule has 156 valence electrons. The predicted octanol–water partition coefficient (Wildman–Crippen LogP) is 2.15. The van der Waals surface area contributed by atoms with Crippen molar-refractivity contribution in [2.75, 3.05) is 17.7 Å². The molecule has 2 rings (SSSR count). The summed E-state index contributed by atoms with van der Waals surface area (Å²) in [7, 11) is 0. The third kappa shape index (κ3) is 5.66. The number of ether oxygens (including phenoxy) is 1. The number of carbonyl (C=O) groups excluding carboxylic acids is 1. The zero-order chi connectivity index (χ0) is 21.6. The lowest BCUT2D eigenvalue weighted by Crippen LogP contribution is -2.44. The van der Waals surface area contributed by atoms with Gasteiger partial charge in [-0.15, -0.1) is 0 Å². The number of nitrogens with zero attached hydrogens (tertiary/aromatic N) is 1. The van der Waals surface area contributed by atoms with E-state index in [1.165, 1.54) is 6.07 Å². The van der Waals surface area contributed by atoms with E-state index in [-0.39, 0.29) is 35.3 Å². The number of nitrogens with one attached hydrogen (secondary N) is 3. The minimum atomic E-state index is -1.22. The third-order valence-electron chi connectivity index (χ3n) is 4.15. The Labute approximate surface area is 169 Å². The maximum absolute atomic E-state index is 12.5. The van der Waals surface area contributed by atoms with Crippen LogP contribution in [0.4, 0.5) is 16.3 Å². The molecule has 2 amide bonds. The van der Waals surface area contributed by atoms with Crippen molar-refractivity contribution in [3.63, 3.8) is 0 Å². The van der Waals surface area contributed by atoms with E-state index in [1.54, 1.807) is 32.9 Å². The predicted molar refractivity (Wildman–Crippen MR) is 111 cm³/mol. The molecule has 0 spiro atoms. The topological polar surface area (TPSA) is 154 Å². The number of rotatable bonds is 7. The first kappa shape index (κ1) is 22.1. The van der Waals surface area contributed by atoms with Gasteiger partial charge in [-0.1, -0.05) is 30.3 Å². The zero-order valence-corrected chi connectivity index (χ0v) is 16.7. The molecule has 0 saturated carbocycles. The summed E-state index contributed by atoms with van der Waals surface area (Å²) in [5.74, 6) is -0.108. The molecule has 1 unspecified atom stereocenters. The Morgan fingerprint density at radius 2 is 2.00 bits per heavy atom. The molecule has 0 aliphatic rings. The second-order valence-electron chi connectivity index (χ2n) is 6.93. The van der Waals surface area contributed by atoms with Crippen molar-refractivity contribution in [3.05, 3.63) is 53.2 Å². The van der Waals surface area contributed by atoms with Gasteiger partial charge < -0.3 is 26.0 Å². The zero-order valence-electron chi connectivity index (χ0n) is 16.7. The minimum Gasteiger partial charge on any atom is -0.478 e. The van der Waals surface area contributed by atoms with Gasteiger partial charge in [0.2, 0.25) is 5.90 Å². The van der Waals surface area contributed by atoms with E-state index in [1.807, 2.05) is 18.2 Å². The molecule has 9 nitrogen and oxygen atoms in total. The largest absolute Gasteiger partial charge is 0.478 e. The van der Waals surface area contributed by atoms with Crippen LogP contribution in [-0.2, 0) is 11.3 Å². The third-order valence-corrected chi connectivity index (χ3v) is 4.15. The summed E-state index contributed by atoms with van der Waals surface area (Å²) in [6.45, 7) is 4.70. The van der Waals surface area contributed by atoms with Crippen molar-refractivity contribution in [2.45, 2.75) is 39.0 Å². The van der Waals surface area contributed by atoms with Crippen LogP contribution >= 0.6 is 0 Å². The fraction of sp³-hybridized carbons (Fsp3) is 0.350. The smallest absolute Gasteiger partial charge is 0.320 e. The summed E-state index contributed by atoms with van der Waals surface area (Å²) >= 11 is 0. The Bertz CT molecular complexity index is 865. The number of carbonyl (C=O) groups is 1. The number of benzene rings is 1. The van der Waals surface area contributed by atoms with Crippen molar-refractivity contribution < 1.29 is 19.7 Å². The highest BCUT2D eigenvalue weighted by Crippen LogP contribution is 2.26. The number of aromatic nitrogens is 1. The lowest BCUT2D eigenvalue weighted by molar-refractivity contribution is 0.0415. The molecule has 0 radical (unpaired) electrons. The molecule has 0 aliphatic carbocycles. The number of hydrogen-bond acceptors (Lipinski definition) is 7. The van der Waals surface area contributed by atoms with E-state index in [0.29, 0.717) is 0 Å². The van der Waals surface area contributed by atoms with Crippen LogP contribution in [0.1, 0.15) is 43.6 Å². The van der Waals surface area contributed by atoms with Crippen LogP contribution in [0.2, 0.25) is 0 Å². The fourth-order valence-electron chi connectivity index (χ4n) is 2.87. The molecule has 1 heterocycles. The molecular weight excluding hydrogens is 374 g/mol. The second-order valence-corrected chi connectivity index (χ2v) is 6.93. The highest BCUT2D eigenvalue weighted by molar-refractivity contribution is 5.99. The van der Waals surface area contributed by atoms with Crippen molar-refractivity contribution in [1.29, 1.82) is 5.41 Å². The van der Waals surface area contributed by atoms with E-state index in [2.05, 4.69) is 15.6 Å². The van der Waals surface area contributed by atoms with Gasteiger partial charge in [0, 0.05) is 11.8 Å². The number of urea groups is 1. The molecule has 2 aromatic rings. The fourth-order valence-corrected chi connectivity index (χ4v) is 2.87. The Kier molecular flexibility index (Phi) is 7.13. The van der Waals surface area contributed by atoms with Crippen LogP contribution < -0.4 is 16.4 Å². The van der Waals surface area contributed by atoms with Crippen LogP contribution in [0.25, 0.3) is 0 Å². The number of amides is 2. The average molecular weight is 401 g/mol. The maximum Gasteiger partial charge on any atom is 0.320 e. The normalized spacial score (nSPS) is 12.2. The monoisotopic (exact) mass is 401 g/mol. The number of hydrogen-bond donors (Lipinski definition) is 6. The number of aliphatic hydroxyl groups is 2. The molecule has 0 aliphatic heterocycles. The SMILES string of the molecule is CCOC(=N)c1c(N)cc(NC(=O)NC(c2ccccc2)C(C)(C)O)nc1CO. The van der Waals surface area contributed by atoms with Gasteiger partial charge in [0.1, 0.15) is 5.82 Å². The van der Waals surface area contributed by atoms with Crippen molar-refractivity contribution >= 4 is 23.4 Å². The van der Waals surface area contributed by atoms with Crippen molar-refractivity contribution in [2.24, 2.45) is 0 Å². The molecule has 7 N–H and O–H groups in total. The van der Waals surface area contributed by atoms with Crippen molar-refractivity contribution in [1.82, 2.24) is 10.3 Å². The first-order valence-electron chi connectivity index (χ1n) is 9.14. The van der Waals surface area contributed by atoms with Gasteiger partial charge in [0.25, 0.3) is 0 Å². The van der Waals surface area contributed by atoms with Gasteiger partial charge >= 0.3 is 6.03 Å². The van der Waals surface area contributed by atoms with Gasteiger partial charge in [-0.05, 0) is 26.3 Å². The molecular formula is C20H27N5O4. The van der Waals surface area contributed by atoms with Gasteiger partial charge in [-0.25, -0.2) is 9.78 Å². The number of nitrogen functional groups attached to an aromatic ring is 1. The summed E-state index contributed by atoms with van der Waals surface area (Å²) in [5, 5.41) is 33.2. The van der Waals surface area contributed by atoms with Gasteiger partial charge in [-0.3, -0.25) is 10.7 Å². The highest BCUT2D eigenvalue weighted by atomic mass is 16.5. The second kappa shape index (κ2) is 9.35. The Morgan fingerprint density at radius 1 is 1.34 bits per heavy atom. The number of nitrogens with two attached hydrogens (primary N) is 1. The lowest BCUT2D eigenvalue weighted by Gasteiger charge is -2.30. The molecule has 1 aromatic heterocycles. The van der Waals surface area contributed by atoms with Gasteiger partial charge in [0.05, 0.1) is 36.1 Å². The van der Waals surface area contributed by atoms with Crippen LogP contribution in [0.3, 0.4) is 0 Å². The molecule has 29 heavy (non-hydrogen) atoms. The number of pyridine rings is 1. The van der Waals surface area contributed by atoms with Gasteiger partial charge in [0.15, 0.2) is 0 Å². The molecule has 9 heteroatoms. The first-order chi connectivity index (χ1) is 13.7. The van der Waals surface area contributed by atoms with E-state index in [9.17, 15) is 15.0 Å². The first-order valence-corrected chi connectivity index (χ1v) is 9.14. The Morgan fingerprint density at radius 3 is 2.55 bits per heavy atom. The summed E-state index contributed by atoms with van der Waals surface area (Å²) in [6, 6.07) is 9.17. The van der Waals surface area contributed by atoms with Gasteiger partial charge in [-0.2, -0.15) is 0 Å². The molecule has 0 saturated heterocycles. The molecule has 0 fully saturated rings. The maximum atomic E-state index is 12.5. The van der Waals surface area contributed by atoms with Crippen LogP contribution in [-0.4, -0.2) is 39.3 Å². The van der Waals surface area contributed by atoms with E-state index < -0.39 is 24.3 Å². The summed E-state index contributed by atoms with van der Waals surface area (Å²) in [5.41, 5.74) is 5.92. The minimum absolute atomic E-state index is 0.0969. The Hall–Kier alpha value is -3.17.